The summed E-state index contributed by atoms with van der Waals surface area (Å²) in [6.07, 6.45) is 13.2. The molecular formula is C33H65O5P. The maximum absolute atomic E-state index is 12.8. The summed E-state index contributed by atoms with van der Waals surface area (Å²) >= 11 is 0. The number of carbonyl (C=O) groups excluding carboxylic acids is 1. The van der Waals surface area contributed by atoms with E-state index in [1.54, 1.807) is 0 Å². The van der Waals surface area contributed by atoms with Gasteiger partial charge in [-0.3, -0.25) is 4.79 Å². The van der Waals surface area contributed by atoms with E-state index < -0.39 is 13.7 Å². The highest BCUT2D eigenvalue weighted by molar-refractivity contribution is 7.52. The summed E-state index contributed by atoms with van der Waals surface area (Å²) < 4.78 is 24.6. The van der Waals surface area contributed by atoms with Crippen molar-refractivity contribution in [1.29, 1.82) is 0 Å². The molecule has 0 N–H and O–H groups in total. The molecule has 0 aromatic carbocycles. The Kier molecular flexibility index (Phi) is 18.9. The van der Waals surface area contributed by atoms with Crippen molar-refractivity contribution in [3.05, 3.63) is 0 Å². The minimum atomic E-state index is -0.748. The summed E-state index contributed by atoms with van der Waals surface area (Å²) in [7, 11) is 1.31. The van der Waals surface area contributed by atoms with Gasteiger partial charge in [0, 0.05) is 27.3 Å². The lowest BCUT2D eigenvalue weighted by molar-refractivity contribution is -0.143. The zero-order chi connectivity index (χ0) is 29.4. The van der Waals surface area contributed by atoms with Crippen molar-refractivity contribution in [2.75, 3.05) is 33.6 Å². The molecule has 1 saturated heterocycles. The molecule has 5 nitrogen and oxygen atoms in total. The van der Waals surface area contributed by atoms with Crippen LogP contribution in [-0.2, 0) is 23.5 Å². The van der Waals surface area contributed by atoms with Gasteiger partial charge in [-0.25, -0.2) is 0 Å². The summed E-state index contributed by atoms with van der Waals surface area (Å²) in [5, 5.41) is 0. The number of Topliss-reactive ketones (excluding diaryl/α,β-unsaturated/α-hetero) is 1. The second kappa shape index (κ2) is 20.0. The molecule has 1 heterocycles. The van der Waals surface area contributed by atoms with Gasteiger partial charge in [0.05, 0.1) is 32.0 Å². The molecule has 232 valence electrons. The molecule has 1 aliphatic heterocycles. The Labute approximate surface area is 244 Å². The van der Waals surface area contributed by atoms with Crippen LogP contribution in [0.5, 0.6) is 0 Å². The molecule has 5 unspecified atom stereocenters. The topological polar surface area (TPSA) is 54.0 Å². The zero-order valence-corrected chi connectivity index (χ0v) is 28.3. The lowest BCUT2D eigenvalue weighted by atomic mass is 9.81. The molecular weight excluding hydrogens is 507 g/mol. The fourth-order valence-corrected chi connectivity index (χ4v) is 7.92. The van der Waals surface area contributed by atoms with Gasteiger partial charge in [-0.2, -0.15) is 0 Å². The van der Waals surface area contributed by atoms with Crippen LogP contribution in [-0.4, -0.2) is 62.8 Å². The fraction of sp³-hybridized carbons (Fsp3) is 0.970. The third kappa shape index (κ3) is 13.6. The van der Waals surface area contributed by atoms with E-state index in [0.717, 1.165) is 25.9 Å². The summed E-state index contributed by atoms with van der Waals surface area (Å²) in [4.78, 5) is 12.8. The Morgan fingerprint density at radius 1 is 0.949 bits per heavy atom. The number of carbonyl (C=O) groups is 1. The van der Waals surface area contributed by atoms with Crippen molar-refractivity contribution >= 4 is 13.9 Å². The zero-order valence-electron chi connectivity index (χ0n) is 27.4. The van der Waals surface area contributed by atoms with E-state index in [4.69, 9.17) is 18.7 Å². The molecule has 0 radical (unpaired) electrons. The van der Waals surface area contributed by atoms with Crippen molar-refractivity contribution in [3.8, 4) is 0 Å². The monoisotopic (exact) mass is 572 g/mol. The Balaban J connectivity index is 2.40. The Morgan fingerprint density at radius 3 is 2.08 bits per heavy atom. The maximum atomic E-state index is 12.8. The van der Waals surface area contributed by atoms with E-state index in [1.165, 1.54) is 44.9 Å². The van der Waals surface area contributed by atoms with Crippen molar-refractivity contribution < 1.29 is 23.5 Å². The van der Waals surface area contributed by atoms with E-state index >= 15 is 0 Å². The third-order valence-electron chi connectivity index (χ3n) is 8.83. The van der Waals surface area contributed by atoms with Crippen molar-refractivity contribution in [3.63, 3.8) is 0 Å². The Hall–Kier alpha value is -0.0600. The lowest BCUT2D eigenvalue weighted by Crippen LogP contribution is -2.38. The van der Waals surface area contributed by atoms with Crippen molar-refractivity contribution in [2.24, 2.45) is 23.7 Å². The highest BCUT2D eigenvalue weighted by Crippen LogP contribution is 2.52. The molecule has 1 aliphatic rings. The Morgan fingerprint density at radius 2 is 1.54 bits per heavy atom. The number of ketones is 1. The molecule has 0 saturated carbocycles. The van der Waals surface area contributed by atoms with Gasteiger partial charge < -0.3 is 18.7 Å². The van der Waals surface area contributed by atoms with Gasteiger partial charge in [0.25, 0.3) is 0 Å². The lowest BCUT2D eigenvalue weighted by Gasteiger charge is -2.36. The quantitative estimate of drug-likeness (QED) is 0.0903. The molecule has 1 fully saturated rings. The molecule has 0 amide bonds. The normalized spacial score (nSPS) is 22.5. The predicted octanol–water partition coefficient (Wildman–Crippen LogP) is 9.05. The number of ether oxygens (including phenoxy) is 3. The summed E-state index contributed by atoms with van der Waals surface area (Å²) in [6, 6.07) is 0. The first-order chi connectivity index (χ1) is 18.5. The van der Waals surface area contributed by atoms with E-state index in [9.17, 15) is 4.79 Å². The van der Waals surface area contributed by atoms with Crippen LogP contribution < -0.4 is 0 Å². The molecule has 1 rings (SSSR count). The second-order valence-electron chi connectivity index (χ2n) is 13.1. The molecule has 6 atom stereocenters. The number of rotatable bonds is 23. The van der Waals surface area contributed by atoms with Gasteiger partial charge in [-0.15, -0.1) is 0 Å². The highest BCUT2D eigenvalue weighted by atomic mass is 31.1. The summed E-state index contributed by atoms with van der Waals surface area (Å²) in [5.41, 5.74) is -0.284. The largest absolute Gasteiger partial charge is 0.377 e. The SMILES string of the molecule is CCCCCCCCCCCC(=O)C(C)(C)OCCOC(C)CC(C(C)C)C1OCC(C(C)C)[C@@H]1P(C)OC. The molecule has 0 bridgehead atoms. The first-order valence-corrected chi connectivity index (χ1v) is 17.9. The predicted molar refractivity (Wildman–Crippen MR) is 167 cm³/mol. The van der Waals surface area contributed by atoms with Gasteiger partial charge in [0.1, 0.15) is 5.60 Å². The Bertz CT molecular complexity index is 638. The van der Waals surface area contributed by atoms with Gasteiger partial charge in [0.2, 0.25) is 0 Å². The highest BCUT2D eigenvalue weighted by Gasteiger charge is 2.46. The van der Waals surface area contributed by atoms with Crippen LogP contribution in [0.3, 0.4) is 0 Å². The number of unbranched alkanes of at least 4 members (excludes halogenated alkanes) is 8. The number of hydrogen-bond acceptors (Lipinski definition) is 5. The summed E-state index contributed by atoms with van der Waals surface area (Å²) in [5.74, 6) is 2.27. The van der Waals surface area contributed by atoms with Crippen LogP contribution in [0.4, 0.5) is 0 Å². The molecule has 6 heteroatoms. The minimum absolute atomic E-state index is 0.106. The van der Waals surface area contributed by atoms with Crippen molar-refractivity contribution in [1.82, 2.24) is 0 Å². The van der Waals surface area contributed by atoms with Gasteiger partial charge in [-0.1, -0.05) is 86.0 Å². The first-order valence-electron chi connectivity index (χ1n) is 16.1. The van der Waals surface area contributed by atoms with E-state index in [1.807, 2.05) is 21.0 Å². The smallest absolute Gasteiger partial charge is 0.164 e. The maximum Gasteiger partial charge on any atom is 0.164 e. The summed E-state index contributed by atoms with van der Waals surface area (Å²) in [6.45, 7) is 21.5. The molecule has 39 heavy (non-hydrogen) atoms. The van der Waals surface area contributed by atoms with Crippen LogP contribution in [0.2, 0.25) is 0 Å². The van der Waals surface area contributed by atoms with Gasteiger partial charge in [-0.05, 0) is 63.9 Å². The average molecular weight is 573 g/mol. The first kappa shape index (κ1) is 37.0. The van der Waals surface area contributed by atoms with Crippen LogP contribution in [0.1, 0.15) is 126 Å². The third-order valence-corrected chi connectivity index (χ3v) is 10.9. The molecule has 0 aromatic heterocycles. The van der Waals surface area contributed by atoms with Crippen LogP contribution >= 0.6 is 8.15 Å². The average Bonchev–Trinajstić information content (AvgIpc) is 3.33. The van der Waals surface area contributed by atoms with E-state index in [0.29, 0.717) is 49.0 Å². The number of hydrogen-bond donors (Lipinski definition) is 0. The van der Waals surface area contributed by atoms with E-state index in [2.05, 4.69) is 48.2 Å². The van der Waals surface area contributed by atoms with Crippen LogP contribution in [0.15, 0.2) is 0 Å². The van der Waals surface area contributed by atoms with Crippen molar-refractivity contribution in [2.45, 2.75) is 149 Å². The van der Waals surface area contributed by atoms with Gasteiger partial charge >= 0.3 is 0 Å². The fourth-order valence-electron chi connectivity index (χ4n) is 5.99. The molecule has 0 aliphatic carbocycles. The minimum Gasteiger partial charge on any atom is -0.377 e. The van der Waals surface area contributed by atoms with E-state index in [-0.39, 0.29) is 18.0 Å². The van der Waals surface area contributed by atoms with Crippen LogP contribution in [0.25, 0.3) is 0 Å². The second-order valence-corrected chi connectivity index (χ2v) is 15.2. The van der Waals surface area contributed by atoms with Crippen LogP contribution in [0, 0.1) is 23.7 Å². The van der Waals surface area contributed by atoms with Gasteiger partial charge in [0.15, 0.2) is 5.78 Å². The molecule has 0 spiro atoms. The molecule has 0 aromatic rings. The standard InChI is InChI=1S/C33H65O5P/c1-11-12-13-14-15-16-17-18-19-20-30(34)33(7,8)38-22-21-36-27(6)23-28(25(2)3)31-32(39(10)35-9)29(24-37-31)26(4)5/h25-29,31-32H,11-24H2,1-10H3/t27?,28?,29?,31?,32-,39?/m0/s1.